The number of nitrogens with zero attached hydrogens (tertiary/aromatic N) is 1. The number of sulfonamides is 1. The van der Waals surface area contributed by atoms with Crippen molar-refractivity contribution in [3.8, 4) is 0 Å². The van der Waals surface area contributed by atoms with Crippen LogP contribution in [0.4, 0.5) is 0 Å². The summed E-state index contributed by atoms with van der Waals surface area (Å²) >= 11 is 8.77. The summed E-state index contributed by atoms with van der Waals surface area (Å²) in [6, 6.07) is 1.48. The fraction of sp³-hybridized carbons (Fsp3) is 0.636. The molecule has 0 saturated carbocycles. The number of halogens is 2. The molecular formula is C11H17BrClNO3S. The van der Waals surface area contributed by atoms with Gasteiger partial charge in [0.15, 0.2) is 4.67 Å². The number of furan rings is 1. The van der Waals surface area contributed by atoms with E-state index in [0.29, 0.717) is 18.8 Å². The zero-order valence-corrected chi connectivity index (χ0v) is 13.6. The van der Waals surface area contributed by atoms with Gasteiger partial charge in [-0.25, -0.2) is 8.42 Å². The molecule has 18 heavy (non-hydrogen) atoms. The van der Waals surface area contributed by atoms with E-state index in [-0.39, 0.29) is 15.4 Å². The van der Waals surface area contributed by atoms with Gasteiger partial charge in [-0.2, -0.15) is 4.31 Å². The molecule has 0 atom stereocenters. The highest BCUT2D eigenvalue weighted by atomic mass is 79.9. The molecule has 0 N–H and O–H groups in total. The van der Waals surface area contributed by atoms with Crippen LogP contribution >= 0.6 is 27.5 Å². The molecule has 0 saturated heterocycles. The maximum Gasteiger partial charge on any atom is 0.247 e. The Balaban J connectivity index is 3.12. The molecule has 0 spiro atoms. The number of alkyl halides is 1. The van der Waals surface area contributed by atoms with Gasteiger partial charge in [0.05, 0.1) is 5.88 Å². The van der Waals surface area contributed by atoms with Crippen LogP contribution in [-0.4, -0.2) is 25.8 Å². The zero-order valence-electron chi connectivity index (χ0n) is 10.4. The molecule has 0 aliphatic rings. The summed E-state index contributed by atoms with van der Waals surface area (Å²) in [4.78, 5) is 0.153. The summed E-state index contributed by atoms with van der Waals surface area (Å²) in [5.74, 6) is 0.588. The third kappa shape index (κ3) is 3.50. The molecule has 1 rings (SSSR count). The van der Waals surface area contributed by atoms with Crippen LogP contribution in [0, 0.1) is 0 Å². The molecule has 0 radical (unpaired) electrons. The summed E-state index contributed by atoms with van der Waals surface area (Å²) in [6.45, 7) is 4.91. The van der Waals surface area contributed by atoms with Crippen LogP contribution in [0.5, 0.6) is 0 Å². The molecule has 1 heterocycles. The van der Waals surface area contributed by atoms with E-state index in [4.69, 9.17) is 16.0 Å². The smallest absolute Gasteiger partial charge is 0.247 e. The molecule has 0 bridgehead atoms. The Hall–Kier alpha value is -0.0400. The zero-order chi connectivity index (χ0) is 13.8. The third-order valence-electron chi connectivity index (χ3n) is 2.40. The van der Waals surface area contributed by atoms with Crippen LogP contribution in [0.25, 0.3) is 0 Å². The van der Waals surface area contributed by atoms with Gasteiger partial charge in [0, 0.05) is 19.2 Å². The van der Waals surface area contributed by atoms with Crippen LogP contribution in [0.1, 0.15) is 32.4 Å². The van der Waals surface area contributed by atoms with Crippen molar-refractivity contribution in [1.82, 2.24) is 4.31 Å². The molecule has 0 unspecified atom stereocenters. The highest BCUT2D eigenvalue weighted by molar-refractivity contribution is 9.10. The van der Waals surface area contributed by atoms with Gasteiger partial charge in [0.2, 0.25) is 10.0 Å². The third-order valence-corrected chi connectivity index (χ3v) is 5.42. The van der Waals surface area contributed by atoms with Gasteiger partial charge in [-0.15, -0.1) is 11.6 Å². The average Bonchev–Trinajstić information content (AvgIpc) is 2.71. The highest BCUT2D eigenvalue weighted by Gasteiger charge is 2.28. The van der Waals surface area contributed by atoms with Crippen molar-refractivity contribution in [1.29, 1.82) is 0 Å². The van der Waals surface area contributed by atoms with Gasteiger partial charge < -0.3 is 4.42 Å². The van der Waals surface area contributed by atoms with Gasteiger partial charge in [0.1, 0.15) is 10.7 Å². The molecule has 4 nitrogen and oxygen atoms in total. The lowest BCUT2D eigenvalue weighted by Gasteiger charge is -2.20. The Morgan fingerprint density at radius 2 is 1.89 bits per heavy atom. The first-order valence-electron chi connectivity index (χ1n) is 5.81. The number of hydrogen-bond acceptors (Lipinski definition) is 3. The Labute approximate surface area is 121 Å². The molecule has 1 aromatic rings. The van der Waals surface area contributed by atoms with Crippen molar-refractivity contribution < 1.29 is 12.8 Å². The first-order valence-corrected chi connectivity index (χ1v) is 8.58. The summed E-state index contributed by atoms with van der Waals surface area (Å²) in [5.41, 5.74) is 0. The van der Waals surface area contributed by atoms with Gasteiger partial charge in [-0.05, 0) is 28.8 Å². The van der Waals surface area contributed by atoms with Gasteiger partial charge in [-0.1, -0.05) is 13.8 Å². The lowest BCUT2D eigenvalue weighted by atomic mass is 10.4. The van der Waals surface area contributed by atoms with Crippen LogP contribution in [0.15, 0.2) is 20.0 Å². The SMILES string of the molecule is CCCN(CCC)S(=O)(=O)c1cc(CCl)oc1Br. The van der Waals surface area contributed by atoms with Crippen LogP contribution in [0.3, 0.4) is 0 Å². The van der Waals surface area contributed by atoms with Crippen molar-refractivity contribution in [2.45, 2.75) is 37.5 Å². The van der Waals surface area contributed by atoms with Crippen molar-refractivity contribution in [3.63, 3.8) is 0 Å². The Bertz CT molecular complexity index is 480. The molecule has 0 fully saturated rings. The van der Waals surface area contributed by atoms with E-state index in [1.165, 1.54) is 10.4 Å². The molecule has 0 aliphatic heterocycles. The molecule has 7 heteroatoms. The number of hydrogen-bond donors (Lipinski definition) is 0. The standard InChI is InChI=1S/C11H17BrClNO3S/c1-3-5-14(6-4-2)18(15,16)10-7-9(8-13)17-11(10)12/h7H,3-6,8H2,1-2H3. The van der Waals surface area contributed by atoms with E-state index >= 15 is 0 Å². The predicted octanol–water partition coefficient (Wildman–Crippen LogP) is 3.59. The van der Waals surface area contributed by atoms with Crippen LogP contribution in [-0.2, 0) is 15.9 Å². The maximum absolute atomic E-state index is 12.5. The minimum Gasteiger partial charge on any atom is -0.452 e. The summed E-state index contributed by atoms with van der Waals surface area (Å²) in [5, 5.41) is 0. The molecule has 0 amide bonds. The molecule has 1 aromatic heterocycles. The van der Waals surface area contributed by atoms with E-state index < -0.39 is 10.0 Å². The van der Waals surface area contributed by atoms with Crippen molar-refractivity contribution in [2.75, 3.05) is 13.1 Å². The number of rotatable bonds is 7. The second kappa shape index (κ2) is 6.93. The average molecular weight is 359 g/mol. The van der Waals surface area contributed by atoms with Crippen molar-refractivity contribution in [2.24, 2.45) is 0 Å². The minimum atomic E-state index is -3.51. The van der Waals surface area contributed by atoms with E-state index in [2.05, 4.69) is 15.9 Å². The fourth-order valence-corrected chi connectivity index (χ4v) is 4.35. The summed E-state index contributed by atoms with van der Waals surface area (Å²) in [7, 11) is -3.51. The lowest BCUT2D eigenvalue weighted by molar-refractivity contribution is 0.408. The summed E-state index contributed by atoms with van der Waals surface area (Å²) < 4.78 is 31.8. The van der Waals surface area contributed by atoms with Crippen molar-refractivity contribution in [3.05, 3.63) is 16.5 Å². The first kappa shape index (κ1) is 16.0. The second-order valence-corrected chi connectivity index (χ2v) is 6.78. The normalized spacial score (nSPS) is 12.3. The Morgan fingerprint density at radius 3 is 2.28 bits per heavy atom. The van der Waals surface area contributed by atoms with E-state index in [1.807, 2.05) is 13.8 Å². The Kier molecular flexibility index (Phi) is 6.17. The maximum atomic E-state index is 12.5. The minimum absolute atomic E-state index is 0.148. The predicted molar refractivity (Wildman–Crippen MR) is 75.3 cm³/mol. The topological polar surface area (TPSA) is 50.5 Å². The fourth-order valence-electron chi connectivity index (χ4n) is 1.63. The second-order valence-electron chi connectivity index (χ2n) is 3.89. The monoisotopic (exact) mass is 357 g/mol. The van der Waals surface area contributed by atoms with Crippen LogP contribution in [0.2, 0.25) is 0 Å². The van der Waals surface area contributed by atoms with E-state index in [9.17, 15) is 8.42 Å². The first-order chi connectivity index (χ1) is 8.47. The quantitative estimate of drug-likeness (QED) is 0.700. The van der Waals surface area contributed by atoms with Gasteiger partial charge in [0.25, 0.3) is 0 Å². The van der Waals surface area contributed by atoms with Crippen molar-refractivity contribution >= 4 is 37.6 Å². The largest absolute Gasteiger partial charge is 0.452 e. The van der Waals surface area contributed by atoms with E-state index in [0.717, 1.165) is 12.8 Å². The van der Waals surface area contributed by atoms with Crippen LogP contribution < -0.4 is 0 Å². The molecule has 0 aliphatic carbocycles. The lowest BCUT2D eigenvalue weighted by Crippen LogP contribution is -2.32. The molecular weight excluding hydrogens is 342 g/mol. The Morgan fingerprint density at radius 1 is 1.33 bits per heavy atom. The van der Waals surface area contributed by atoms with E-state index in [1.54, 1.807) is 0 Å². The molecule has 104 valence electrons. The highest BCUT2D eigenvalue weighted by Crippen LogP contribution is 2.29. The van der Waals surface area contributed by atoms with Gasteiger partial charge >= 0.3 is 0 Å². The summed E-state index contributed by atoms with van der Waals surface area (Å²) in [6.07, 6.45) is 1.55. The molecule has 0 aromatic carbocycles. The van der Waals surface area contributed by atoms with Gasteiger partial charge in [-0.3, -0.25) is 0 Å².